The van der Waals surface area contributed by atoms with Gasteiger partial charge in [0.2, 0.25) is 0 Å². The number of fused-ring (bicyclic) bond motifs is 1. The molecule has 0 aliphatic carbocycles. The van der Waals surface area contributed by atoms with Crippen molar-refractivity contribution >= 4 is 11.8 Å². The van der Waals surface area contributed by atoms with Crippen molar-refractivity contribution in [1.29, 1.82) is 0 Å². The summed E-state index contributed by atoms with van der Waals surface area (Å²) in [7, 11) is 0. The Morgan fingerprint density at radius 2 is 2.17 bits per heavy atom. The number of aliphatic hydroxyl groups excluding tert-OH is 1. The molecule has 1 aromatic carbocycles. The summed E-state index contributed by atoms with van der Waals surface area (Å²) in [5.74, 6) is -0.865. The van der Waals surface area contributed by atoms with Crippen LogP contribution in [0.4, 0.5) is 8.78 Å². The number of rotatable bonds is 2. The number of aromatic nitrogens is 2. The van der Waals surface area contributed by atoms with Gasteiger partial charge in [0.1, 0.15) is 0 Å². The molecule has 0 bridgehead atoms. The van der Waals surface area contributed by atoms with E-state index in [-0.39, 0.29) is 6.61 Å². The van der Waals surface area contributed by atoms with Crippen LogP contribution in [0, 0.1) is 11.6 Å². The highest BCUT2D eigenvalue weighted by atomic mass is 32.2. The molecule has 1 N–H and O–H groups in total. The molecule has 2 aromatic rings. The zero-order valence-corrected chi connectivity index (χ0v) is 10.2. The number of benzene rings is 1. The van der Waals surface area contributed by atoms with E-state index >= 15 is 0 Å². The van der Waals surface area contributed by atoms with E-state index in [2.05, 4.69) is 4.98 Å². The summed E-state index contributed by atoms with van der Waals surface area (Å²) >= 11 is 1.59. The fourth-order valence-electron chi connectivity index (χ4n) is 2.07. The van der Waals surface area contributed by atoms with Gasteiger partial charge in [-0.25, -0.2) is 13.8 Å². The maximum atomic E-state index is 13.2. The highest BCUT2D eigenvalue weighted by molar-refractivity contribution is 7.99. The number of hydrogen-bond acceptors (Lipinski definition) is 3. The van der Waals surface area contributed by atoms with Gasteiger partial charge in [-0.05, 0) is 18.2 Å². The summed E-state index contributed by atoms with van der Waals surface area (Å²) in [6, 6.07) is 3.65. The third-order valence-electron chi connectivity index (χ3n) is 2.93. The Balaban J connectivity index is 2.14. The van der Waals surface area contributed by atoms with Gasteiger partial charge in [-0.2, -0.15) is 0 Å². The van der Waals surface area contributed by atoms with Crippen molar-refractivity contribution in [2.75, 3.05) is 5.75 Å². The lowest BCUT2D eigenvalue weighted by Crippen LogP contribution is -2.01. The van der Waals surface area contributed by atoms with Crippen LogP contribution in [0.1, 0.15) is 5.69 Å². The van der Waals surface area contributed by atoms with Crippen LogP contribution in [0.5, 0.6) is 0 Å². The lowest BCUT2D eigenvalue weighted by molar-refractivity contribution is 0.271. The summed E-state index contributed by atoms with van der Waals surface area (Å²) in [6.07, 6.45) is 0. The van der Waals surface area contributed by atoms with Gasteiger partial charge in [-0.3, -0.25) is 0 Å². The molecule has 0 fully saturated rings. The molecule has 0 amide bonds. The molecule has 2 heterocycles. The molecule has 0 spiro atoms. The number of thioether (sulfide) groups is 1. The Bertz CT molecular complexity index is 612. The van der Waals surface area contributed by atoms with Crippen LogP contribution < -0.4 is 0 Å². The molecule has 0 radical (unpaired) electrons. The van der Waals surface area contributed by atoms with Crippen molar-refractivity contribution in [2.45, 2.75) is 18.3 Å². The smallest absolute Gasteiger partial charge is 0.168 e. The molecule has 0 atom stereocenters. The third-order valence-corrected chi connectivity index (χ3v) is 3.88. The molecule has 6 heteroatoms. The first kappa shape index (κ1) is 11.7. The normalized spacial score (nSPS) is 13.9. The molecule has 3 rings (SSSR count). The Morgan fingerprint density at radius 3 is 2.89 bits per heavy atom. The van der Waals surface area contributed by atoms with E-state index in [0.717, 1.165) is 29.6 Å². The van der Waals surface area contributed by atoms with Crippen LogP contribution >= 0.6 is 11.8 Å². The summed E-state index contributed by atoms with van der Waals surface area (Å²) in [6.45, 7) is 0.620. The number of aliphatic hydroxyl groups is 1. The first-order chi connectivity index (χ1) is 8.70. The fourth-order valence-corrected chi connectivity index (χ4v) is 3.04. The lowest BCUT2D eigenvalue weighted by atomic mass is 10.1. The summed E-state index contributed by atoms with van der Waals surface area (Å²) < 4.78 is 28.0. The molecule has 1 aliphatic rings. The summed E-state index contributed by atoms with van der Waals surface area (Å²) in [5, 5.41) is 10.2. The number of nitrogens with zero attached hydrogens (tertiary/aromatic N) is 2. The first-order valence-corrected chi connectivity index (χ1v) is 6.47. The zero-order chi connectivity index (χ0) is 12.7. The van der Waals surface area contributed by atoms with Gasteiger partial charge in [0.15, 0.2) is 16.8 Å². The van der Waals surface area contributed by atoms with Crippen LogP contribution in [-0.4, -0.2) is 20.4 Å². The molecule has 0 unspecified atom stereocenters. The molecule has 0 saturated carbocycles. The van der Waals surface area contributed by atoms with E-state index in [9.17, 15) is 13.9 Å². The van der Waals surface area contributed by atoms with Crippen molar-refractivity contribution in [3.8, 4) is 11.3 Å². The maximum absolute atomic E-state index is 13.2. The second-order valence-electron chi connectivity index (χ2n) is 3.98. The Hall–Kier alpha value is -1.40. The van der Waals surface area contributed by atoms with Crippen LogP contribution in [-0.2, 0) is 13.2 Å². The van der Waals surface area contributed by atoms with Crippen molar-refractivity contribution in [2.24, 2.45) is 0 Å². The molecular weight excluding hydrogens is 258 g/mol. The average molecular weight is 268 g/mol. The van der Waals surface area contributed by atoms with Gasteiger partial charge in [0.25, 0.3) is 0 Å². The van der Waals surface area contributed by atoms with Crippen LogP contribution in [0.25, 0.3) is 11.3 Å². The monoisotopic (exact) mass is 268 g/mol. The van der Waals surface area contributed by atoms with Crippen molar-refractivity contribution in [1.82, 2.24) is 9.55 Å². The second kappa shape index (κ2) is 4.37. The van der Waals surface area contributed by atoms with E-state index in [4.69, 9.17) is 0 Å². The molecule has 1 aromatic heterocycles. The van der Waals surface area contributed by atoms with Crippen LogP contribution in [0.2, 0.25) is 0 Å². The van der Waals surface area contributed by atoms with Gasteiger partial charge in [-0.15, -0.1) is 0 Å². The zero-order valence-electron chi connectivity index (χ0n) is 9.36. The Morgan fingerprint density at radius 1 is 1.33 bits per heavy atom. The number of imidazole rings is 1. The molecule has 1 aliphatic heterocycles. The van der Waals surface area contributed by atoms with Crippen molar-refractivity contribution in [3.63, 3.8) is 0 Å². The van der Waals surface area contributed by atoms with Crippen molar-refractivity contribution < 1.29 is 13.9 Å². The average Bonchev–Trinajstić information content (AvgIpc) is 2.92. The summed E-state index contributed by atoms with van der Waals surface area (Å²) in [5.41, 5.74) is 1.67. The molecular formula is C12H10F2N2OS. The summed E-state index contributed by atoms with van der Waals surface area (Å²) in [4.78, 5) is 4.38. The largest absolute Gasteiger partial charge is 0.390 e. The minimum absolute atomic E-state index is 0.165. The first-order valence-electron chi connectivity index (χ1n) is 5.49. The minimum Gasteiger partial charge on any atom is -0.390 e. The van der Waals surface area contributed by atoms with E-state index in [1.54, 1.807) is 11.8 Å². The van der Waals surface area contributed by atoms with Gasteiger partial charge in [0.05, 0.1) is 18.0 Å². The number of hydrogen-bond donors (Lipinski definition) is 1. The Labute approximate surface area is 106 Å². The fraction of sp³-hybridized carbons (Fsp3) is 0.250. The predicted molar refractivity (Wildman–Crippen MR) is 64.2 cm³/mol. The van der Waals surface area contributed by atoms with Crippen LogP contribution in [0.3, 0.4) is 0 Å². The van der Waals surface area contributed by atoms with E-state index < -0.39 is 11.6 Å². The quantitative estimate of drug-likeness (QED) is 0.909. The van der Waals surface area contributed by atoms with E-state index in [1.165, 1.54) is 6.07 Å². The van der Waals surface area contributed by atoms with Gasteiger partial charge < -0.3 is 9.67 Å². The number of halogens is 2. The highest BCUT2D eigenvalue weighted by Crippen LogP contribution is 2.33. The van der Waals surface area contributed by atoms with E-state index in [1.807, 2.05) is 4.57 Å². The maximum Gasteiger partial charge on any atom is 0.168 e. The molecule has 18 heavy (non-hydrogen) atoms. The van der Waals surface area contributed by atoms with Crippen LogP contribution in [0.15, 0.2) is 23.4 Å². The second-order valence-corrected chi connectivity index (χ2v) is 5.04. The van der Waals surface area contributed by atoms with Gasteiger partial charge in [-0.1, -0.05) is 11.8 Å². The van der Waals surface area contributed by atoms with Gasteiger partial charge in [0, 0.05) is 17.9 Å². The molecule has 0 saturated heterocycles. The molecule has 3 nitrogen and oxygen atoms in total. The SMILES string of the molecule is OCc1c(-c2ccc(F)c(F)c2)nc2n1CCS2. The minimum atomic E-state index is -0.905. The third kappa shape index (κ3) is 1.72. The topological polar surface area (TPSA) is 38.1 Å². The molecule has 94 valence electrons. The predicted octanol–water partition coefficient (Wildman–Crippen LogP) is 2.43. The van der Waals surface area contributed by atoms with Gasteiger partial charge >= 0.3 is 0 Å². The highest BCUT2D eigenvalue weighted by Gasteiger charge is 2.22. The van der Waals surface area contributed by atoms with E-state index in [0.29, 0.717) is 17.0 Å². The van der Waals surface area contributed by atoms with Crippen molar-refractivity contribution in [3.05, 3.63) is 35.5 Å². The Kier molecular flexibility index (Phi) is 2.83. The standard InChI is InChI=1S/C12H10F2N2OS/c13-8-2-1-7(5-9(8)14)11-10(6-17)16-3-4-18-12(16)15-11/h1-2,5,17H,3-4,6H2. The lowest BCUT2D eigenvalue weighted by Gasteiger charge is -2.04.